The van der Waals surface area contributed by atoms with Gasteiger partial charge in [-0.3, -0.25) is 14.9 Å². The number of thiazole rings is 1. The van der Waals surface area contributed by atoms with Gasteiger partial charge in [-0.15, -0.1) is 11.3 Å². The fourth-order valence-electron chi connectivity index (χ4n) is 2.89. The van der Waals surface area contributed by atoms with Crippen LogP contribution in [0.25, 0.3) is 22.3 Å². The van der Waals surface area contributed by atoms with Crippen molar-refractivity contribution in [2.24, 2.45) is 0 Å². The number of nitrogens with one attached hydrogen (secondary N) is 1. The van der Waals surface area contributed by atoms with E-state index in [-0.39, 0.29) is 16.9 Å². The zero-order chi connectivity index (χ0) is 21.1. The van der Waals surface area contributed by atoms with Gasteiger partial charge in [0, 0.05) is 17.1 Å². The Morgan fingerprint density at radius 2 is 1.93 bits per heavy atom. The number of carbonyl (C=O) groups is 1. The van der Waals surface area contributed by atoms with Crippen molar-refractivity contribution in [3.8, 4) is 22.8 Å². The van der Waals surface area contributed by atoms with Crippen molar-refractivity contribution in [3.63, 3.8) is 0 Å². The Labute approximate surface area is 175 Å². The number of hydrogen-bond donors (Lipinski definition) is 1. The van der Waals surface area contributed by atoms with Crippen LogP contribution in [0.5, 0.6) is 11.5 Å². The fourth-order valence-corrected chi connectivity index (χ4v) is 3.42. The molecule has 0 bridgehead atoms. The first-order valence-electron chi connectivity index (χ1n) is 9.14. The lowest BCUT2D eigenvalue weighted by atomic mass is 10.1. The Morgan fingerprint density at radius 3 is 2.63 bits per heavy atom. The minimum absolute atomic E-state index is 0.0272. The van der Waals surface area contributed by atoms with E-state index in [4.69, 9.17) is 13.9 Å². The highest BCUT2D eigenvalue weighted by molar-refractivity contribution is 7.13. The summed E-state index contributed by atoms with van der Waals surface area (Å²) in [5, 5.41) is 5.25. The number of rotatable bonds is 6. The number of aromatic nitrogens is 1. The molecular weight excluding hydrogens is 404 g/mol. The number of ether oxygens (including phenoxy) is 2. The standard InChI is InChI=1S/C22H18N2O5S/c1-13(21(26)24-22-23-11-12-30-22)28-20-18(25)16-5-3-4-6-17(16)29-19(20)14-7-9-15(27-2)10-8-14/h3-13H,1-2H3,(H,23,24,26). The normalized spacial score (nSPS) is 11.8. The van der Waals surface area contributed by atoms with Crippen LogP contribution < -0.4 is 20.2 Å². The third-order valence-corrected chi connectivity index (χ3v) is 5.12. The van der Waals surface area contributed by atoms with Gasteiger partial charge >= 0.3 is 0 Å². The molecule has 0 saturated heterocycles. The molecule has 4 rings (SSSR count). The first-order chi connectivity index (χ1) is 14.6. The van der Waals surface area contributed by atoms with E-state index < -0.39 is 12.0 Å². The van der Waals surface area contributed by atoms with E-state index >= 15 is 0 Å². The molecule has 30 heavy (non-hydrogen) atoms. The Bertz CT molecular complexity index is 1230. The van der Waals surface area contributed by atoms with Crippen molar-refractivity contribution < 1.29 is 18.7 Å². The van der Waals surface area contributed by atoms with Gasteiger partial charge in [-0.1, -0.05) is 12.1 Å². The lowest BCUT2D eigenvalue weighted by Gasteiger charge is -2.16. The average molecular weight is 422 g/mol. The molecule has 2 aromatic carbocycles. The molecule has 4 aromatic rings. The van der Waals surface area contributed by atoms with Gasteiger partial charge in [0.15, 0.2) is 17.0 Å². The number of amides is 1. The number of nitrogens with zero attached hydrogens (tertiary/aromatic N) is 1. The highest BCUT2D eigenvalue weighted by Gasteiger charge is 2.23. The van der Waals surface area contributed by atoms with Crippen LogP contribution in [-0.4, -0.2) is 24.1 Å². The summed E-state index contributed by atoms with van der Waals surface area (Å²) in [5.74, 6) is 0.467. The predicted octanol–water partition coefficient (Wildman–Crippen LogP) is 4.33. The van der Waals surface area contributed by atoms with Crippen LogP contribution in [-0.2, 0) is 4.79 Å². The predicted molar refractivity (Wildman–Crippen MR) is 115 cm³/mol. The summed E-state index contributed by atoms with van der Waals surface area (Å²) in [6.45, 7) is 1.56. The van der Waals surface area contributed by atoms with Crippen molar-refractivity contribution in [1.29, 1.82) is 0 Å². The van der Waals surface area contributed by atoms with Gasteiger partial charge in [0.1, 0.15) is 11.3 Å². The lowest BCUT2D eigenvalue weighted by Crippen LogP contribution is -2.31. The van der Waals surface area contributed by atoms with Crippen molar-refractivity contribution in [2.45, 2.75) is 13.0 Å². The van der Waals surface area contributed by atoms with Crippen LogP contribution >= 0.6 is 11.3 Å². The molecule has 0 saturated carbocycles. The summed E-state index contributed by atoms with van der Waals surface area (Å²) >= 11 is 1.29. The van der Waals surface area contributed by atoms with Crippen molar-refractivity contribution in [2.75, 3.05) is 12.4 Å². The van der Waals surface area contributed by atoms with E-state index in [9.17, 15) is 9.59 Å². The van der Waals surface area contributed by atoms with Gasteiger partial charge in [0.05, 0.1) is 12.5 Å². The highest BCUT2D eigenvalue weighted by atomic mass is 32.1. The van der Waals surface area contributed by atoms with E-state index in [2.05, 4.69) is 10.3 Å². The summed E-state index contributed by atoms with van der Waals surface area (Å²) in [4.78, 5) is 29.7. The molecule has 152 valence electrons. The summed E-state index contributed by atoms with van der Waals surface area (Å²) in [6, 6.07) is 13.9. The largest absolute Gasteiger partial charge is 0.497 e. The Balaban J connectivity index is 1.75. The van der Waals surface area contributed by atoms with Crippen molar-refractivity contribution in [3.05, 3.63) is 70.3 Å². The molecule has 0 aliphatic rings. The van der Waals surface area contributed by atoms with Crippen LogP contribution in [0, 0.1) is 0 Å². The zero-order valence-electron chi connectivity index (χ0n) is 16.2. The molecule has 1 atom stereocenters. The summed E-state index contributed by atoms with van der Waals surface area (Å²) in [7, 11) is 1.57. The average Bonchev–Trinajstić information content (AvgIpc) is 3.28. The third-order valence-electron chi connectivity index (χ3n) is 4.43. The zero-order valence-corrected chi connectivity index (χ0v) is 17.1. The summed E-state index contributed by atoms with van der Waals surface area (Å²) < 4.78 is 17.0. The molecule has 2 heterocycles. The third kappa shape index (κ3) is 3.90. The molecule has 0 aliphatic heterocycles. The number of carbonyl (C=O) groups excluding carboxylic acids is 1. The molecule has 1 unspecified atom stereocenters. The van der Waals surface area contributed by atoms with Crippen LogP contribution in [0.1, 0.15) is 6.92 Å². The van der Waals surface area contributed by atoms with Gasteiger partial charge < -0.3 is 13.9 Å². The van der Waals surface area contributed by atoms with E-state index in [0.717, 1.165) is 0 Å². The maximum atomic E-state index is 13.2. The second-order valence-corrected chi connectivity index (χ2v) is 7.30. The second-order valence-electron chi connectivity index (χ2n) is 6.40. The quantitative estimate of drug-likeness (QED) is 0.497. The van der Waals surface area contributed by atoms with E-state index in [1.54, 1.807) is 74.1 Å². The highest BCUT2D eigenvalue weighted by Crippen LogP contribution is 2.32. The summed E-state index contributed by atoms with van der Waals surface area (Å²) in [6.07, 6.45) is 0.640. The van der Waals surface area contributed by atoms with Crippen molar-refractivity contribution >= 4 is 33.3 Å². The van der Waals surface area contributed by atoms with Crippen LogP contribution in [0.2, 0.25) is 0 Å². The first kappa shape index (κ1) is 19.7. The monoisotopic (exact) mass is 422 g/mol. The van der Waals surface area contributed by atoms with Gasteiger partial charge in [0.2, 0.25) is 11.2 Å². The second kappa shape index (κ2) is 8.38. The maximum absolute atomic E-state index is 13.2. The molecule has 8 heteroatoms. The number of methoxy groups -OCH3 is 1. The molecule has 0 radical (unpaired) electrons. The number of anilines is 1. The minimum atomic E-state index is -0.949. The topological polar surface area (TPSA) is 90.7 Å². The Kier molecular flexibility index (Phi) is 5.49. The Hall–Kier alpha value is -3.65. The molecule has 2 aromatic heterocycles. The van der Waals surface area contributed by atoms with E-state index in [0.29, 0.717) is 27.4 Å². The van der Waals surface area contributed by atoms with Gasteiger partial charge in [-0.2, -0.15) is 0 Å². The molecular formula is C22H18N2O5S. The smallest absolute Gasteiger partial charge is 0.266 e. The molecule has 0 spiro atoms. The molecule has 1 N–H and O–H groups in total. The SMILES string of the molecule is COc1ccc(-c2oc3ccccc3c(=O)c2OC(C)C(=O)Nc2nccs2)cc1. The lowest BCUT2D eigenvalue weighted by molar-refractivity contribution is -0.122. The van der Waals surface area contributed by atoms with Crippen LogP contribution in [0.15, 0.2) is 69.3 Å². The fraction of sp³-hybridized carbons (Fsp3) is 0.136. The number of fused-ring (bicyclic) bond motifs is 1. The number of benzene rings is 2. The molecule has 0 aliphatic carbocycles. The van der Waals surface area contributed by atoms with Crippen LogP contribution in [0.3, 0.4) is 0 Å². The number of para-hydroxylation sites is 1. The van der Waals surface area contributed by atoms with Crippen molar-refractivity contribution in [1.82, 2.24) is 4.98 Å². The minimum Gasteiger partial charge on any atom is -0.497 e. The molecule has 7 nitrogen and oxygen atoms in total. The number of hydrogen-bond acceptors (Lipinski definition) is 7. The van der Waals surface area contributed by atoms with Crippen LogP contribution in [0.4, 0.5) is 5.13 Å². The van der Waals surface area contributed by atoms with E-state index in [1.165, 1.54) is 11.3 Å². The first-order valence-corrected chi connectivity index (χ1v) is 10.0. The summed E-state index contributed by atoms with van der Waals surface area (Å²) in [5.41, 5.74) is 0.707. The molecule has 0 fully saturated rings. The van der Waals surface area contributed by atoms with E-state index in [1.807, 2.05) is 0 Å². The van der Waals surface area contributed by atoms with Gasteiger partial charge in [-0.05, 0) is 43.3 Å². The Morgan fingerprint density at radius 1 is 1.17 bits per heavy atom. The maximum Gasteiger partial charge on any atom is 0.266 e. The molecule has 1 amide bonds. The van der Waals surface area contributed by atoms with Gasteiger partial charge in [-0.25, -0.2) is 4.98 Å². The van der Waals surface area contributed by atoms with Gasteiger partial charge in [0.25, 0.3) is 5.91 Å².